The average molecular weight is 158 g/mol. The molecule has 0 aromatic heterocycles. The van der Waals surface area contributed by atoms with E-state index in [-0.39, 0.29) is 4.45 Å². The normalized spacial score (nSPS) is 21.4. The number of hydrogen-bond acceptors (Lipinski definition) is 3. The number of thioether (sulfide) groups is 2. The lowest BCUT2D eigenvalue weighted by Gasteiger charge is -2.12. The predicted molar refractivity (Wildman–Crippen MR) is 42.6 cm³/mol. The summed E-state index contributed by atoms with van der Waals surface area (Å²) in [6.07, 6.45) is 5.16. The van der Waals surface area contributed by atoms with Crippen LogP contribution in [0, 0.1) is 18.3 Å². The van der Waals surface area contributed by atoms with Gasteiger partial charge >= 0.3 is 0 Å². The minimum atomic E-state index is 0.210. The van der Waals surface area contributed by atoms with Crippen molar-refractivity contribution < 1.29 is 4.79 Å². The first kappa shape index (κ1) is 7.04. The molecule has 0 amide bonds. The van der Waals surface area contributed by atoms with Crippen molar-refractivity contribution in [3.63, 3.8) is 0 Å². The SMILES string of the molecule is C#CC1CSC(=O)SC1. The quantitative estimate of drug-likeness (QED) is 0.501. The maximum atomic E-state index is 10.6. The van der Waals surface area contributed by atoms with Crippen LogP contribution in [-0.4, -0.2) is 16.0 Å². The molecule has 1 nitrogen and oxygen atoms in total. The number of hydrogen-bond donors (Lipinski definition) is 0. The Kier molecular flexibility index (Phi) is 2.49. The highest BCUT2D eigenvalue weighted by atomic mass is 32.2. The van der Waals surface area contributed by atoms with Crippen molar-refractivity contribution in [3.8, 4) is 12.3 Å². The van der Waals surface area contributed by atoms with Crippen molar-refractivity contribution in [2.45, 2.75) is 0 Å². The highest BCUT2D eigenvalue weighted by Gasteiger charge is 2.17. The Morgan fingerprint density at radius 1 is 1.56 bits per heavy atom. The summed E-state index contributed by atoms with van der Waals surface area (Å²) in [6.45, 7) is 0. The van der Waals surface area contributed by atoms with Crippen LogP contribution in [0.4, 0.5) is 4.79 Å². The third kappa shape index (κ3) is 1.96. The summed E-state index contributed by atoms with van der Waals surface area (Å²) in [4.78, 5) is 10.6. The van der Waals surface area contributed by atoms with Crippen molar-refractivity contribution in [1.82, 2.24) is 0 Å². The third-order valence-electron chi connectivity index (χ3n) is 1.04. The topological polar surface area (TPSA) is 17.1 Å². The predicted octanol–water partition coefficient (Wildman–Crippen LogP) is 1.84. The highest BCUT2D eigenvalue weighted by Crippen LogP contribution is 2.27. The fourth-order valence-electron chi connectivity index (χ4n) is 0.523. The van der Waals surface area contributed by atoms with Crippen LogP contribution >= 0.6 is 23.5 Å². The summed E-state index contributed by atoms with van der Waals surface area (Å²) < 4.78 is 0.210. The van der Waals surface area contributed by atoms with Crippen LogP contribution in [0.2, 0.25) is 0 Å². The van der Waals surface area contributed by atoms with Gasteiger partial charge in [-0.15, -0.1) is 12.3 Å². The van der Waals surface area contributed by atoms with Crippen molar-refractivity contribution in [2.24, 2.45) is 5.92 Å². The Morgan fingerprint density at radius 2 is 2.11 bits per heavy atom. The fourth-order valence-corrected chi connectivity index (χ4v) is 2.52. The van der Waals surface area contributed by atoms with E-state index in [2.05, 4.69) is 5.92 Å². The van der Waals surface area contributed by atoms with Crippen LogP contribution in [0.25, 0.3) is 0 Å². The maximum Gasteiger partial charge on any atom is 0.246 e. The van der Waals surface area contributed by atoms with Gasteiger partial charge in [0.25, 0.3) is 0 Å². The number of rotatable bonds is 0. The molecular formula is C6H6OS2. The fraction of sp³-hybridized carbons (Fsp3) is 0.500. The lowest BCUT2D eigenvalue weighted by molar-refractivity contribution is 0.276. The molecule has 1 aliphatic heterocycles. The van der Waals surface area contributed by atoms with Gasteiger partial charge in [0, 0.05) is 17.4 Å². The van der Waals surface area contributed by atoms with Gasteiger partial charge in [-0.1, -0.05) is 23.5 Å². The number of carbonyl (C=O) groups excluding carboxylic acids is 1. The van der Waals surface area contributed by atoms with Gasteiger partial charge in [0.2, 0.25) is 4.45 Å². The van der Waals surface area contributed by atoms with E-state index < -0.39 is 0 Å². The molecule has 0 spiro atoms. The first-order valence-corrected chi connectivity index (χ1v) is 4.55. The summed E-state index contributed by atoms with van der Waals surface area (Å²) in [6, 6.07) is 0. The second kappa shape index (κ2) is 3.19. The molecule has 0 bridgehead atoms. The molecule has 0 unspecified atom stereocenters. The van der Waals surface area contributed by atoms with E-state index in [0.717, 1.165) is 11.5 Å². The van der Waals surface area contributed by atoms with Crippen LogP contribution < -0.4 is 0 Å². The molecule has 1 fully saturated rings. The molecule has 0 atom stereocenters. The maximum absolute atomic E-state index is 10.6. The average Bonchev–Trinajstić information content (AvgIpc) is 1.90. The Labute approximate surface area is 63.0 Å². The van der Waals surface area contributed by atoms with E-state index in [4.69, 9.17) is 6.42 Å². The lowest BCUT2D eigenvalue weighted by atomic mass is 10.2. The highest BCUT2D eigenvalue weighted by molar-refractivity contribution is 8.39. The molecule has 3 heteroatoms. The number of terminal acetylenes is 1. The molecule has 1 rings (SSSR count). The number of carbonyl (C=O) groups is 1. The summed E-state index contributed by atoms with van der Waals surface area (Å²) in [5.74, 6) is 4.55. The van der Waals surface area contributed by atoms with Crippen LogP contribution in [-0.2, 0) is 0 Å². The van der Waals surface area contributed by atoms with Crippen molar-refractivity contribution in [1.29, 1.82) is 0 Å². The summed E-state index contributed by atoms with van der Waals surface area (Å²) in [5, 5.41) is 0. The zero-order valence-corrected chi connectivity index (χ0v) is 6.43. The van der Waals surface area contributed by atoms with E-state index in [1.54, 1.807) is 0 Å². The van der Waals surface area contributed by atoms with Gasteiger partial charge in [0.05, 0.1) is 0 Å². The third-order valence-corrected chi connectivity index (χ3v) is 3.36. The minimum absolute atomic E-state index is 0.210. The van der Waals surface area contributed by atoms with Gasteiger partial charge in [-0.25, -0.2) is 0 Å². The molecule has 48 valence electrons. The smallest absolute Gasteiger partial charge is 0.246 e. The standard InChI is InChI=1S/C6H6OS2/c1-2-5-3-8-6(7)9-4-5/h1,5H,3-4H2. The Hall–Kier alpha value is -0.0700. The summed E-state index contributed by atoms with van der Waals surface area (Å²) >= 11 is 2.66. The molecule has 0 saturated carbocycles. The van der Waals surface area contributed by atoms with Crippen molar-refractivity contribution in [2.75, 3.05) is 11.5 Å². The molecule has 9 heavy (non-hydrogen) atoms. The second-order valence-electron chi connectivity index (χ2n) is 1.74. The van der Waals surface area contributed by atoms with E-state index >= 15 is 0 Å². The molecular weight excluding hydrogens is 152 g/mol. The van der Waals surface area contributed by atoms with E-state index in [9.17, 15) is 4.79 Å². The summed E-state index contributed by atoms with van der Waals surface area (Å²) in [7, 11) is 0. The van der Waals surface area contributed by atoms with Crippen LogP contribution in [0.15, 0.2) is 0 Å². The molecule has 0 aromatic carbocycles. The van der Waals surface area contributed by atoms with E-state index in [1.807, 2.05) is 0 Å². The summed E-state index contributed by atoms with van der Waals surface area (Å²) in [5.41, 5.74) is 0. The molecule has 1 saturated heterocycles. The van der Waals surface area contributed by atoms with Gasteiger partial charge in [-0.05, 0) is 0 Å². The largest absolute Gasteiger partial charge is 0.274 e. The molecule has 0 aliphatic carbocycles. The molecule has 0 aromatic rings. The Balaban J connectivity index is 2.37. The second-order valence-corrected chi connectivity index (χ2v) is 3.98. The monoisotopic (exact) mass is 158 g/mol. The zero-order chi connectivity index (χ0) is 6.69. The van der Waals surface area contributed by atoms with Gasteiger partial charge < -0.3 is 0 Å². The Bertz CT molecular complexity index is 149. The van der Waals surface area contributed by atoms with Crippen molar-refractivity contribution in [3.05, 3.63) is 0 Å². The molecule has 0 N–H and O–H groups in total. The first-order valence-electron chi connectivity index (χ1n) is 2.58. The van der Waals surface area contributed by atoms with Gasteiger partial charge in [-0.2, -0.15) is 0 Å². The molecule has 1 aliphatic rings. The zero-order valence-electron chi connectivity index (χ0n) is 4.79. The van der Waals surface area contributed by atoms with Gasteiger partial charge in [-0.3, -0.25) is 4.79 Å². The lowest BCUT2D eigenvalue weighted by Crippen LogP contribution is -2.11. The van der Waals surface area contributed by atoms with E-state index in [1.165, 1.54) is 23.5 Å². The van der Waals surface area contributed by atoms with Gasteiger partial charge in [0.15, 0.2) is 0 Å². The van der Waals surface area contributed by atoms with Crippen LogP contribution in [0.5, 0.6) is 0 Å². The molecule has 1 heterocycles. The molecule has 0 radical (unpaired) electrons. The first-order chi connectivity index (χ1) is 4.33. The Morgan fingerprint density at radius 3 is 2.56 bits per heavy atom. The van der Waals surface area contributed by atoms with E-state index in [0.29, 0.717) is 5.92 Å². The van der Waals surface area contributed by atoms with Crippen LogP contribution in [0.3, 0.4) is 0 Å². The van der Waals surface area contributed by atoms with Gasteiger partial charge in [0.1, 0.15) is 0 Å². The minimum Gasteiger partial charge on any atom is -0.274 e. The van der Waals surface area contributed by atoms with Crippen LogP contribution in [0.1, 0.15) is 0 Å². The van der Waals surface area contributed by atoms with Crippen molar-refractivity contribution >= 4 is 28.0 Å².